The van der Waals surface area contributed by atoms with E-state index in [0.29, 0.717) is 5.95 Å². The third kappa shape index (κ3) is 3.08. The summed E-state index contributed by atoms with van der Waals surface area (Å²) in [6, 6.07) is -0.0498. The molecular formula is C17H21ClN6O. The highest BCUT2D eigenvalue weighted by atomic mass is 35.5. The minimum atomic E-state index is -0.255. The summed E-state index contributed by atoms with van der Waals surface area (Å²) < 4.78 is 1.89. The van der Waals surface area contributed by atoms with Crippen LogP contribution in [0.5, 0.6) is 0 Å². The number of fused-ring (bicyclic) bond motifs is 1. The Hall–Kier alpha value is -2.15. The highest BCUT2D eigenvalue weighted by Gasteiger charge is 2.27. The molecule has 1 N–H and O–H groups in total. The zero-order chi connectivity index (χ0) is 17.4. The van der Waals surface area contributed by atoms with Gasteiger partial charge in [-0.1, -0.05) is 11.6 Å². The molecule has 1 fully saturated rings. The molecule has 1 aliphatic carbocycles. The maximum atomic E-state index is 12.8. The van der Waals surface area contributed by atoms with E-state index in [1.165, 1.54) is 11.9 Å². The number of amides is 1. The van der Waals surface area contributed by atoms with Crippen molar-refractivity contribution >= 4 is 23.5 Å². The van der Waals surface area contributed by atoms with E-state index in [4.69, 9.17) is 11.6 Å². The molecule has 0 aromatic carbocycles. The first-order valence-electron chi connectivity index (χ1n) is 8.72. The molecule has 2 aromatic rings. The zero-order valence-corrected chi connectivity index (χ0v) is 15.0. The van der Waals surface area contributed by atoms with Crippen molar-refractivity contribution in [3.8, 4) is 0 Å². The maximum Gasteiger partial charge on any atom is 0.272 e. The highest BCUT2D eigenvalue weighted by Crippen LogP contribution is 2.30. The summed E-state index contributed by atoms with van der Waals surface area (Å²) in [5.41, 5.74) is 2.52. The number of aromatic nitrogens is 4. The molecule has 0 spiro atoms. The lowest BCUT2D eigenvalue weighted by molar-refractivity contribution is 0.0927. The number of halogens is 1. The van der Waals surface area contributed by atoms with Crippen LogP contribution in [0.25, 0.3) is 0 Å². The van der Waals surface area contributed by atoms with Gasteiger partial charge >= 0.3 is 0 Å². The third-order valence-corrected chi connectivity index (χ3v) is 5.29. The van der Waals surface area contributed by atoms with Crippen LogP contribution in [0.15, 0.2) is 12.4 Å². The molecule has 1 amide bonds. The summed E-state index contributed by atoms with van der Waals surface area (Å²) in [7, 11) is 1.94. The van der Waals surface area contributed by atoms with Crippen molar-refractivity contribution in [1.82, 2.24) is 25.1 Å². The molecular weight excluding hydrogens is 340 g/mol. The molecule has 0 bridgehead atoms. The van der Waals surface area contributed by atoms with Crippen LogP contribution in [0.4, 0.5) is 5.95 Å². The Bertz CT molecular complexity index is 798. The monoisotopic (exact) mass is 360 g/mol. The van der Waals surface area contributed by atoms with Crippen molar-refractivity contribution in [2.24, 2.45) is 7.05 Å². The molecule has 4 rings (SSSR count). The van der Waals surface area contributed by atoms with Crippen molar-refractivity contribution in [2.45, 2.75) is 38.1 Å². The average Bonchev–Trinajstić information content (AvgIpc) is 3.26. The van der Waals surface area contributed by atoms with Gasteiger partial charge in [-0.15, -0.1) is 0 Å². The van der Waals surface area contributed by atoms with Crippen LogP contribution in [0, 0.1) is 0 Å². The zero-order valence-electron chi connectivity index (χ0n) is 14.2. The van der Waals surface area contributed by atoms with E-state index < -0.39 is 0 Å². The smallest absolute Gasteiger partial charge is 0.272 e. The Labute approximate surface area is 151 Å². The van der Waals surface area contributed by atoms with Crippen molar-refractivity contribution in [2.75, 3.05) is 18.0 Å². The number of anilines is 1. The van der Waals surface area contributed by atoms with Gasteiger partial charge in [-0.2, -0.15) is 5.10 Å². The van der Waals surface area contributed by atoms with Crippen LogP contribution < -0.4 is 10.2 Å². The number of hydrogen-bond acceptors (Lipinski definition) is 5. The van der Waals surface area contributed by atoms with Crippen LogP contribution in [0.3, 0.4) is 0 Å². The van der Waals surface area contributed by atoms with Gasteiger partial charge in [0.1, 0.15) is 0 Å². The van der Waals surface area contributed by atoms with E-state index >= 15 is 0 Å². The number of hydrogen-bond donors (Lipinski definition) is 1. The largest absolute Gasteiger partial charge is 0.344 e. The molecule has 3 heterocycles. The fraction of sp³-hybridized carbons (Fsp3) is 0.529. The summed E-state index contributed by atoms with van der Waals surface area (Å²) in [5.74, 6) is 0.326. The number of nitrogens with one attached hydrogen (secondary N) is 1. The summed E-state index contributed by atoms with van der Waals surface area (Å²) in [5, 5.41) is 7.68. The second-order valence-corrected chi connectivity index (χ2v) is 7.06. The molecule has 0 unspecified atom stereocenters. The predicted octanol–water partition coefficient (Wildman–Crippen LogP) is 2.27. The molecule has 25 heavy (non-hydrogen) atoms. The van der Waals surface area contributed by atoms with E-state index in [1.54, 1.807) is 0 Å². The average molecular weight is 361 g/mol. The van der Waals surface area contributed by atoms with Gasteiger partial charge in [-0.25, -0.2) is 9.97 Å². The second-order valence-electron chi connectivity index (χ2n) is 6.65. The molecule has 2 aromatic heterocycles. The van der Waals surface area contributed by atoms with Gasteiger partial charge in [-0.3, -0.25) is 9.48 Å². The number of aryl methyl sites for hydroxylation is 1. The van der Waals surface area contributed by atoms with Gasteiger partial charge in [0.05, 0.1) is 23.5 Å². The van der Waals surface area contributed by atoms with Gasteiger partial charge in [0, 0.05) is 31.4 Å². The van der Waals surface area contributed by atoms with E-state index in [-0.39, 0.29) is 22.7 Å². The van der Waals surface area contributed by atoms with Gasteiger partial charge in [0.15, 0.2) is 5.69 Å². The van der Waals surface area contributed by atoms with E-state index in [1.807, 2.05) is 17.9 Å². The van der Waals surface area contributed by atoms with Gasteiger partial charge in [0.2, 0.25) is 5.95 Å². The molecule has 132 valence electrons. The molecule has 1 saturated heterocycles. The first-order valence-corrected chi connectivity index (χ1v) is 9.10. The second kappa shape index (κ2) is 6.63. The van der Waals surface area contributed by atoms with Crippen molar-refractivity contribution in [3.63, 3.8) is 0 Å². The number of rotatable bonds is 3. The van der Waals surface area contributed by atoms with Crippen molar-refractivity contribution in [3.05, 3.63) is 34.4 Å². The quantitative estimate of drug-likeness (QED) is 0.908. The molecule has 0 saturated carbocycles. The van der Waals surface area contributed by atoms with Crippen LogP contribution in [-0.2, 0) is 13.5 Å². The third-order valence-electron chi connectivity index (χ3n) is 5.02. The lowest BCUT2D eigenvalue weighted by Crippen LogP contribution is -2.32. The molecule has 8 heteroatoms. The van der Waals surface area contributed by atoms with E-state index in [2.05, 4.69) is 25.3 Å². The van der Waals surface area contributed by atoms with Gasteiger partial charge in [0.25, 0.3) is 5.91 Å². The molecule has 2 aliphatic rings. The number of carbonyl (C=O) groups excluding carboxylic acids is 1. The SMILES string of the molecule is Cn1ncc2c1CCC[C@H]2NC(=O)c1nc(N2CCCC2)ncc1Cl. The van der Waals surface area contributed by atoms with Crippen LogP contribution in [0.1, 0.15) is 53.5 Å². The van der Waals surface area contributed by atoms with Crippen molar-refractivity contribution in [1.29, 1.82) is 0 Å². The normalized spacial score (nSPS) is 19.8. The Morgan fingerprint density at radius 1 is 1.28 bits per heavy atom. The van der Waals surface area contributed by atoms with Crippen LogP contribution in [0.2, 0.25) is 5.02 Å². The van der Waals surface area contributed by atoms with Gasteiger partial charge < -0.3 is 10.2 Å². The Balaban J connectivity index is 1.56. The molecule has 0 radical (unpaired) electrons. The molecule has 1 atom stereocenters. The number of carbonyl (C=O) groups is 1. The van der Waals surface area contributed by atoms with E-state index in [0.717, 1.165) is 50.8 Å². The summed E-state index contributed by atoms with van der Waals surface area (Å²) in [6.07, 6.45) is 8.52. The lowest BCUT2D eigenvalue weighted by Gasteiger charge is -2.24. The fourth-order valence-corrected chi connectivity index (χ4v) is 3.85. The predicted molar refractivity (Wildman–Crippen MR) is 94.8 cm³/mol. The Morgan fingerprint density at radius 3 is 2.88 bits per heavy atom. The highest BCUT2D eigenvalue weighted by molar-refractivity contribution is 6.33. The first kappa shape index (κ1) is 16.3. The van der Waals surface area contributed by atoms with Gasteiger partial charge in [-0.05, 0) is 32.1 Å². The first-order chi connectivity index (χ1) is 12.1. The Morgan fingerprint density at radius 2 is 2.08 bits per heavy atom. The van der Waals surface area contributed by atoms with Crippen molar-refractivity contribution < 1.29 is 4.79 Å². The standard InChI is InChI=1S/C17H21ClN6O/c1-23-14-6-4-5-13(11(14)9-20-23)21-16(25)15-12(18)10-19-17(22-15)24-7-2-3-8-24/h9-10,13H,2-8H2,1H3,(H,21,25)/t13-/m1/s1. The minimum absolute atomic E-state index is 0.0498. The fourth-order valence-electron chi connectivity index (χ4n) is 3.67. The van der Waals surface area contributed by atoms with Crippen LogP contribution in [-0.4, -0.2) is 38.7 Å². The van der Waals surface area contributed by atoms with Crippen LogP contribution >= 0.6 is 11.6 Å². The summed E-state index contributed by atoms with van der Waals surface area (Å²) in [4.78, 5) is 23.6. The number of nitrogens with zero attached hydrogens (tertiary/aromatic N) is 5. The maximum absolute atomic E-state index is 12.8. The Kier molecular flexibility index (Phi) is 4.33. The topological polar surface area (TPSA) is 75.9 Å². The summed E-state index contributed by atoms with van der Waals surface area (Å²) in [6.45, 7) is 1.84. The molecule has 1 aliphatic heterocycles. The summed E-state index contributed by atoms with van der Waals surface area (Å²) >= 11 is 6.20. The lowest BCUT2D eigenvalue weighted by atomic mass is 9.93. The minimum Gasteiger partial charge on any atom is -0.344 e. The van der Waals surface area contributed by atoms with E-state index in [9.17, 15) is 4.79 Å². The molecule has 7 nitrogen and oxygen atoms in total.